The average molecular weight is 442 g/mol. The van der Waals surface area contributed by atoms with E-state index in [-0.39, 0.29) is 40.5 Å². The normalized spacial score (nSPS) is 19.5. The van der Waals surface area contributed by atoms with Crippen LogP contribution in [0.4, 0.5) is 0 Å². The number of benzene rings is 2. The van der Waals surface area contributed by atoms with Crippen LogP contribution in [0.1, 0.15) is 45.5 Å². The van der Waals surface area contributed by atoms with Crippen LogP contribution in [0.25, 0.3) is 0 Å². The first kappa shape index (κ1) is 21.2. The van der Waals surface area contributed by atoms with E-state index in [1.807, 2.05) is 0 Å². The molecule has 0 radical (unpaired) electrons. The van der Waals surface area contributed by atoms with Gasteiger partial charge in [0.05, 0.1) is 17.1 Å². The number of hydrogen-bond acceptors (Lipinski definition) is 6. The van der Waals surface area contributed by atoms with Crippen molar-refractivity contribution in [3.05, 3.63) is 71.3 Å². The molecule has 1 unspecified atom stereocenters. The quantitative estimate of drug-likeness (QED) is 0.483. The van der Waals surface area contributed by atoms with Crippen molar-refractivity contribution in [1.29, 1.82) is 0 Å². The summed E-state index contributed by atoms with van der Waals surface area (Å²) in [6, 6.07) is 14.6. The van der Waals surface area contributed by atoms with Gasteiger partial charge in [-0.25, -0.2) is 13.2 Å². The highest BCUT2D eigenvalue weighted by Gasteiger charge is 2.42. The molecule has 0 spiro atoms. The van der Waals surface area contributed by atoms with Gasteiger partial charge in [-0.2, -0.15) is 0 Å². The molecule has 1 atom stereocenters. The van der Waals surface area contributed by atoms with Gasteiger partial charge in [-0.05, 0) is 25.3 Å². The van der Waals surface area contributed by atoms with Crippen molar-refractivity contribution in [2.45, 2.75) is 31.3 Å². The lowest BCUT2D eigenvalue weighted by molar-refractivity contribution is -0.137. The number of hydrogen-bond donors (Lipinski definition) is 0. The molecule has 2 aromatic carbocycles. The van der Waals surface area contributed by atoms with Crippen molar-refractivity contribution in [1.82, 2.24) is 4.90 Å². The van der Waals surface area contributed by atoms with Crippen molar-refractivity contribution in [2.24, 2.45) is 0 Å². The van der Waals surface area contributed by atoms with Gasteiger partial charge in [0.2, 0.25) is 0 Å². The minimum Gasteiger partial charge on any atom is -0.452 e. The van der Waals surface area contributed by atoms with E-state index in [9.17, 15) is 22.8 Å². The van der Waals surface area contributed by atoms with Crippen molar-refractivity contribution >= 4 is 27.5 Å². The Balaban J connectivity index is 1.45. The molecule has 1 amide bonds. The average Bonchev–Trinajstić information content (AvgIpc) is 3.54. The number of ether oxygens (including phenoxy) is 1. The maximum absolute atomic E-state index is 12.8. The molecule has 8 heteroatoms. The summed E-state index contributed by atoms with van der Waals surface area (Å²) in [5.41, 5.74) is 0.735. The second kappa shape index (κ2) is 8.63. The standard InChI is InChI=1S/C23H23NO6S/c25-21(24(17-10-11-17)18-12-13-31(28,29)15-18)14-30-23(27)20-9-5-4-8-19(20)22(26)16-6-2-1-3-7-16/h1-9,17-18H,10-15H2. The van der Waals surface area contributed by atoms with Crippen LogP contribution in [0, 0.1) is 0 Å². The Labute approximate surface area is 180 Å². The van der Waals surface area contributed by atoms with Crippen LogP contribution in [-0.2, 0) is 19.4 Å². The number of amides is 1. The van der Waals surface area contributed by atoms with Crippen LogP contribution >= 0.6 is 0 Å². The number of carbonyl (C=O) groups is 3. The lowest BCUT2D eigenvalue weighted by Gasteiger charge is -2.28. The second-order valence-corrected chi connectivity index (χ2v) is 10.1. The van der Waals surface area contributed by atoms with Gasteiger partial charge in [0, 0.05) is 23.2 Å². The van der Waals surface area contributed by atoms with E-state index >= 15 is 0 Å². The monoisotopic (exact) mass is 441 g/mol. The van der Waals surface area contributed by atoms with Crippen LogP contribution < -0.4 is 0 Å². The molecule has 31 heavy (non-hydrogen) atoms. The predicted molar refractivity (Wildman–Crippen MR) is 114 cm³/mol. The van der Waals surface area contributed by atoms with Crippen molar-refractivity contribution in [2.75, 3.05) is 18.1 Å². The third-order valence-electron chi connectivity index (χ3n) is 5.58. The smallest absolute Gasteiger partial charge is 0.339 e. The van der Waals surface area contributed by atoms with Gasteiger partial charge in [-0.1, -0.05) is 48.5 Å². The first-order valence-corrected chi connectivity index (χ1v) is 12.1. The van der Waals surface area contributed by atoms with E-state index in [4.69, 9.17) is 4.74 Å². The molecule has 0 aromatic heterocycles. The Kier molecular flexibility index (Phi) is 5.91. The summed E-state index contributed by atoms with van der Waals surface area (Å²) in [7, 11) is -3.13. The van der Waals surface area contributed by atoms with E-state index in [0.717, 1.165) is 12.8 Å². The molecule has 4 rings (SSSR count). The summed E-state index contributed by atoms with van der Waals surface area (Å²) in [4.78, 5) is 39.9. The fraction of sp³-hybridized carbons (Fsp3) is 0.348. The van der Waals surface area contributed by atoms with Gasteiger partial charge < -0.3 is 9.64 Å². The summed E-state index contributed by atoms with van der Waals surface area (Å²) < 4.78 is 28.9. The third kappa shape index (κ3) is 4.85. The SMILES string of the molecule is O=C(OCC(=O)N(C1CC1)C1CCS(=O)(=O)C1)c1ccccc1C(=O)c1ccccc1. The minimum atomic E-state index is -3.13. The van der Waals surface area contributed by atoms with Gasteiger partial charge in [0.25, 0.3) is 5.91 Å². The number of rotatable bonds is 7. The van der Waals surface area contributed by atoms with Gasteiger partial charge in [-0.15, -0.1) is 0 Å². The zero-order valence-corrected chi connectivity index (χ0v) is 17.7. The molecular formula is C23H23NO6S. The molecular weight excluding hydrogens is 418 g/mol. The molecule has 0 N–H and O–H groups in total. The van der Waals surface area contributed by atoms with Gasteiger partial charge in [-0.3, -0.25) is 9.59 Å². The van der Waals surface area contributed by atoms with Gasteiger partial charge in [0.1, 0.15) is 0 Å². The van der Waals surface area contributed by atoms with Gasteiger partial charge in [0.15, 0.2) is 22.2 Å². The maximum atomic E-state index is 12.8. The molecule has 1 saturated heterocycles. The molecule has 2 fully saturated rings. The third-order valence-corrected chi connectivity index (χ3v) is 7.33. The first-order chi connectivity index (χ1) is 14.9. The van der Waals surface area contributed by atoms with Gasteiger partial charge >= 0.3 is 5.97 Å². The van der Waals surface area contributed by atoms with Crippen LogP contribution in [0.2, 0.25) is 0 Å². The maximum Gasteiger partial charge on any atom is 0.339 e. The Morgan fingerprint density at radius 2 is 1.52 bits per heavy atom. The topological polar surface area (TPSA) is 97.8 Å². The highest BCUT2D eigenvalue weighted by molar-refractivity contribution is 7.91. The van der Waals surface area contributed by atoms with Crippen molar-refractivity contribution in [3.63, 3.8) is 0 Å². The van der Waals surface area contributed by atoms with Crippen molar-refractivity contribution < 1.29 is 27.5 Å². The zero-order chi connectivity index (χ0) is 22.0. The fourth-order valence-electron chi connectivity index (χ4n) is 3.94. The highest BCUT2D eigenvalue weighted by Crippen LogP contribution is 2.32. The Bertz CT molecular complexity index is 1110. The van der Waals surface area contributed by atoms with E-state index in [1.165, 1.54) is 6.07 Å². The number of esters is 1. The van der Waals surface area contributed by atoms with E-state index in [0.29, 0.717) is 12.0 Å². The van der Waals surface area contributed by atoms with Crippen LogP contribution in [0.15, 0.2) is 54.6 Å². The van der Waals surface area contributed by atoms with Crippen molar-refractivity contribution in [3.8, 4) is 0 Å². The second-order valence-electron chi connectivity index (χ2n) is 7.91. The molecule has 1 saturated carbocycles. The largest absolute Gasteiger partial charge is 0.452 e. The fourth-order valence-corrected chi connectivity index (χ4v) is 5.65. The summed E-state index contributed by atoms with van der Waals surface area (Å²) in [6.07, 6.45) is 2.06. The minimum absolute atomic E-state index is 0.0106. The Hall–Kier alpha value is -3.00. The van der Waals surface area contributed by atoms with Crippen LogP contribution in [-0.4, -0.2) is 61.2 Å². The van der Waals surface area contributed by atoms with Crippen LogP contribution in [0.5, 0.6) is 0 Å². The Morgan fingerprint density at radius 1 is 0.871 bits per heavy atom. The molecule has 1 aliphatic carbocycles. The number of nitrogens with zero attached hydrogens (tertiary/aromatic N) is 1. The summed E-state index contributed by atoms with van der Waals surface area (Å²) >= 11 is 0. The number of sulfone groups is 1. The molecule has 1 aliphatic heterocycles. The summed E-state index contributed by atoms with van der Waals surface area (Å²) in [5, 5.41) is 0. The van der Waals surface area contributed by atoms with E-state index in [1.54, 1.807) is 53.4 Å². The van der Waals surface area contributed by atoms with E-state index in [2.05, 4.69) is 0 Å². The van der Waals surface area contributed by atoms with Crippen LogP contribution in [0.3, 0.4) is 0 Å². The molecule has 0 bridgehead atoms. The Morgan fingerprint density at radius 3 is 2.13 bits per heavy atom. The lowest BCUT2D eigenvalue weighted by atomic mass is 9.98. The molecule has 2 aliphatic rings. The summed E-state index contributed by atoms with van der Waals surface area (Å²) in [6.45, 7) is -0.486. The zero-order valence-electron chi connectivity index (χ0n) is 16.9. The molecule has 162 valence electrons. The highest BCUT2D eigenvalue weighted by atomic mass is 32.2. The number of carbonyl (C=O) groups excluding carboxylic acids is 3. The number of ketones is 1. The first-order valence-electron chi connectivity index (χ1n) is 10.2. The summed E-state index contributed by atoms with van der Waals surface area (Å²) in [5.74, 6) is -1.44. The van der Waals surface area contributed by atoms with E-state index < -0.39 is 28.3 Å². The predicted octanol–water partition coefficient (Wildman–Crippen LogP) is 2.25. The lowest BCUT2D eigenvalue weighted by Crippen LogP contribution is -2.44. The molecule has 1 heterocycles. The molecule has 2 aromatic rings. The molecule has 7 nitrogen and oxygen atoms in total.